The average molecular weight is 754 g/mol. The Kier molecular flexibility index (Phi) is 9.95. The van der Waals surface area contributed by atoms with Crippen molar-refractivity contribution >= 4 is 29.1 Å². The molecule has 3 atom stereocenters. The van der Waals surface area contributed by atoms with Gasteiger partial charge in [-0.3, -0.25) is 19.7 Å². The standard InChI is InChI=1S/C45H51N7O4/c53-41-9-5-4-8-39(41)40-24-37(25-46-48-40)50-22-18-45(19-23-50,35-6-2-1-3-7-35)44(56)51-20-16-31(17-21-51)26-49-27-33-29-52(30-34(33)28-49)36-12-10-32(11-13-36)38-14-15-42(54)47-43(38)55/h1-13,24-25,31,33-34,38,53H,14-23,26-30H2,(H,47,54,55)/t33-,34-,38+/m0/s1. The highest BCUT2D eigenvalue weighted by atomic mass is 16.3. The normalized spacial score (nSPS) is 24.3. The van der Waals surface area contributed by atoms with Crippen LogP contribution in [0.2, 0.25) is 0 Å². The van der Waals surface area contributed by atoms with Gasteiger partial charge in [0.2, 0.25) is 17.7 Å². The molecular formula is C45H51N7O4. The number of phenols is 1. The lowest BCUT2D eigenvalue weighted by Gasteiger charge is -2.45. The summed E-state index contributed by atoms with van der Waals surface area (Å²) in [7, 11) is 0. The number of aromatic nitrogens is 2. The monoisotopic (exact) mass is 753 g/mol. The Morgan fingerprint density at radius 2 is 1.48 bits per heavy atom. The molecule has 0 saturated carbocycles. The van der Waals surface area contributed by atoms with E-state index in [-0.39, 0.29) is 29.4 Å². The molecule has 5 saturated heterocycles. The number of nitrogens with one attached hydrogen (secondary N) is 1. The molecule has 0 spiro atoms. The van der Waals surface area contributed by atoms with Gasteiger partial charge in [0.25, 0.3) is 0 Å². The molecule has 3 amide bonds. The second-order valence-electron chi connectivity index (χ2n) is 16.7. The van der Waals surface area contributed by atoms with Gasteiger partial charge in [0, 0.05) is 76.6 Å². The smallest absolute Gasteiger partial charge is 0.234 e. The Morgan fingerprint density at radius 3 is 2.18 bits per heavy atom. The molecule has 5 aliphatic rings. The number of benzene rings is 3. The second kappa shape index (κ2) is 15.3. The quantitative estimate of drug-likeness (QED) is 0.234. The minimum atomic E-state index is -0.560. The highest BCUT2D eigenvalue weighted by molar-refractivity contribution is 6.01. The summed E-state index contributed by atoms with van der Waals surface area (Å²) in [6.45, 7) is 8.55. The van der Waals surface area contributed by atoms with Crippen molar-refractivity contribution in [2.45, 2.75) is 49.9 Å². The van der Waals surface area contributed by atoms with Crippen LogP contribution in [0.3, 0.4) is 0 Å². The van der Waals surface area contributed by atoms with Crippen LogP contribution >= 0.6 is 0 Å². The van der Waals surface area contributed by atoms with Crippen LogP contribution in [0.25, 0.3) is 11.3 Å². The number of aromatic hydroxyl groups is 1. The molecule has 11 heteroatoms. The van der Waals surface area contributed by atoms with Gasteiger partial charge in [0.1, 0.15) is 5.75 Å². The summed E-state index contributed by atoms with van der Waals surface area (Å²) in [6.07, 6.45) is 6.28. The Labute approximate surface area is 328 Å². The van der Waals surface area contributed by atoms with E-state index in [1.165, 1.54) is 5.69 Å². The molecule has 0 bridgehead atoms. The fourth-order valence-electron chi connectivity index (χ4n) is 10.2. The van der Waals surface area contributed by atoms with Crippen LogP contribution in [0.4, 0.5) is 11.4 Å². The summed E-state index contributed by atoms with van der Waals surface area (Å²) in [5, 5.41) is 21.5. The molecule has 290 valence electrons. The molecular weight excluding hydrogens is 703 g/mol. The van der Waals surface area contributed by atoms with E-state index >= 15 is 0 Å². The van der Waals surface area contributed by atoms with Gasteiger partial charge in [-0.05, 0) is 91.3 Å². The van der Waals surface area contributed by atoms with E-state index in [1.807, 2.05) is 24.3 Å². The first-order valence-corrected chi connectivity index (χ1v) is 20.4. The number of imide groups is 1. The van der Waals surface area contributed by atoms with Crippen LogP contribution in [0.1, 0.15) is 55.6 Å². The Bertz CT molecular complexity index is 2050. The van der Waals surface area contributed by atoms with Crippen LogP contribution in [0, 0.1) is 17.8 Å². The fourth-order valence-corrected chi connectivity index (χ4v) is 10.2. The molecule has 5 aliphatic heterocycles. The lowest BCUT2D eigenvalue weighted by atomic mass is 9.71. The van der Waals surface area contributed by atoms with Crippen molar-refractivity contribution in [1.29, 1.82) is 0 Å². The SMILES string of the molecule is O=C1CC[C@H](c2ccc(N3C[C@@H]4CN(CC5CCN(C(=O)C6(c7ccccc7)CCN(c7cnnc(-c8ccccc8O)c7)CC6)CC5)C[C@H]4C3)cc2)C(=O)N1. The number of anilines is 2. The number of fused-ring (bicyclic) bond motifs is 1. The number of hydrogen-bond acceptors (Lipinski definition) is 9. The second-order valence-corrected chi connectivity index (χ2v) is 16.7. The van der Waals surface area contributed by atoms with Crippen molar-refractivity contribution in [3.05, 3.63) is 102 Å². The summed E-state index contributed by atoms with van der Waals surface area (Å²) in [5.74, 6) is 1.75. The van der Waals surface area contributed by atoms with Crippen molar-refractivity contribution in [2.24, 2.45) is 17.8 Å². The number of rotatable bonds is 8. The van der Waals surface area contributed by atoms with Crippen LogP contribution in [0.15, 0.2) is 91.1 Å². The molecule has 3 aromatic carbocycles. The van der Waals surface area contributed by atoms with Gasteiger partial charge in [-0.1, -0.05) is 54.6 Å². The Hall–Kier alpha value is -5.29. The third kappa shape index (κ3) is 7.13. The molecule has 11 nitrogen and oxygen atoms in total. The molecule has 6 heterocycles. The third-order valence-electron chi connectivity index (χ3n) is 13.4. The maximum absolute atomic E-state index is 14.7. The molecule has 0 radical (unpaired) electrons. The fraction of sp³-hybridized carbons (Fsp3) is 0.444. The first kappa shape index (κ1) is 36.4. The Morgan fingerprint density at radius 1 is 0.786 bits per heavy atom. The summed E-state index contributed by atoms with van der Waals surface area (Å²) in [6, 6.07) is 28.0. The molecule has 4 aromatic rings. The van der Waals surface area contributed by atoms with E-state index in [0.717, 1.165) is 101 Å². The van der Waals surface area contributed by atoms with Crippen LogP contribution in [-0.4, -0.2) is 102 Å². The number of para-hydroxylation sites is 1. The van der Waals surface area contributed by atoms with E-state index in [4.69, 9.17) is 0 Å². The topological polar surface area (TPSA) is 122 Å². The van der Waals surface area contributed by atoms with Crippen LogP contribution in [-0.2, 0) is 19.8 Å². The number of carbonyl (C=O) groups is 3. The Balaban J connectivity index is 0.782. The average Bonchev–Trinajstić information content (AvgIpc) is 3.81. The van der Waals surface area contributed by atoms with Gasteiger partial charge in [0.15, 0.2) is 0 Å². The molecule has 9 rings (SSSR count). The number of likely N-dealkylation sites (tertiary alicyclic amines) is 2. The van der Waals surface area contributed by atoms with Crippen molar-refractivity contribution in [3.63, 3.8) is 0 Å². The zero-order valence-electron chi connectivity index (χ0n) is 31.9. The lowest BCUT2D eigenvalue weighted by molar-refractivity contribution is -0.140. The zero-order chi connectivity index (χ0) is 38.2. The summed E-state index contributed by atoms with van der Waals surface area (Å²) < 4.78 is 0. The molecule has 56 heavy (non-hydrogen) atoms. The van der Waals surface area contributed by atoms with E-state index in [1.54, 1.807) is 18.3 Å². The molecule has 5 fully saturated rings. The highest BCUT2D eigenvalue weighted by Gasteiger charge is 2.46. The van der Waals surface area contributed by atoms with Gasteiger partial charge in [-0.15, -0.1) is 0 Å². The number of carbonyl (C=O) groups excluding carboxylic acids is 3. The molecule has 1 aromatic heterocycles. The molecule has 0 aliphatic carbocycles. The lowest BCUT2D eigenvalue weighted by Crippen LogP contribution is -2.55. The number of phenolic OH excluding ortho intramolecular Hbond substituents is 1. The van der Waals surface area contributed by atoms with Crippen molar-refractivity contribution < 1.29 is 19.5 Å². The summed E-state index contributed by atoms with van der Waals surface area (Å²) in [4.78, 5) is 48.2. The largest absolute Gasteiger partial charge is 0.507 e. The minimum absolute atomic E-state index is 0.177. The first-order valence-electron chi connectivity index (χ1n) is 20.4. The number of amides is 3. The van der Waals surface area contributed by atoms with Gasteiger partial charge in [-0.2, -0.15) is 10.2 Å². The van der Waals surface area contributed by atoms with Gasteiger partial charge in [0.05, 0.1) is 28.9 Å². The van der Waals surface area contributed by atoms with Gasteiger partial charge in [-0.25, -0.2) is 0 Å². The molecule has 0 unspecified atom stereocenters. The maximum atomic E-state index is 14.7. The molecule has 2 N–H and O–H groups in total. The van der Waals surface area contributed by atoms with Crippen LogP contribution in [0.5, 0.6) is 5.75 Å². The van der Waals surface area contributed by atoms with Crippen molar-refractivity contribution in [1.82, 2.24) is 25.3 Å². The first-order chi connectivity index (χ1) is 27.3. The predicted octanol–water partition coefficient (Wildman–Crippen LogP) is 5.21. The zero-order valence-corrected chi connectivity index (χ0v) is 31.9. The number of nitrogens with zero attached hydrogens (tertiary/aromatic N) is 6. The predicted molar refractivity (Wildman–Crippen MR) is 215 cm³/mol. The maximum Gasteiger partial charge on any atom is 0.234 e. The van der Waals surface area contributed by atoms with Crippen molar-refractivity contribution in [3.8, 4) is 17.0 Å². The van der Waals surface area contributed by atoms with E-state index in [9.17, 15) is 19.5 Å². The number of piperidine rings is 3. The van der Waals surface area contributed by atoms with Crippen molar-refractivity contribution in [2.75, 3.05) is 68.7 Å². The van der Waals surface area contributed by atoms with E-state index < -0.39 is 5.41 Å². The van der Waals surface area contributed by atoms with Gasteiger partial charge < -0.3 is 24.7 Å². The van der Waals surface area contributed by atoms with E-state index in [2.05, 4.69) is 83.6 Å². The summed E-state index contributed by atoms with van der Waals surface area (Å²) >= 11 is 0. The highest BCUT2D eigenvalue weighted by Crippen LogP contribution is 2.41. The third-order valence-corrected chi connectivity index (χ3v) is 13.4. The summed E-state index contributed by atoms with van der Waals surface area (Å²) in [5.41, 5.74) is 4.99. The van der Waals surface area contributed by atoms with E-state index in [0.29, 0.717) is 41.9 Å². The number of hydrogen-bond donors (Lipinski definition) is 2. The van der Waals surface area contributed by atoms with Gasteiger partial charge >= 0.3 is 0 Å². The minimum Gasteiger partial charge on any atom is -0.507 e. The van der Waals surface area contributed by atoms with Crippen LogP contribution < -0.4 is 15.1 Å².